The molecule has 3 heteroatoms. The highest BCUT2D eigenvalue weighted by atomic mass is 35.5. The van der Waals surface area contributed by atoms with Crippen LogP contribution in [0.3, 0.4) is 0 Å². The van der Waals surface area contributed by atoms with Crippen LogP contribution >= 0.6 is 23.4 Å². The smallest absolute Gasteiger partial charge is 0.0417 e. The Morgan fingerprint density at radius 2 is 2.14 bits per heavy atom. The summed E-state index contributed by atoms with van der Waals surface area (Å²) < 4.78 is 0.180. The minimum atomic E-state index is 0.180. The quantitative estimate of drug-likeness (QED) is 0.799. The summed E-state index contributed by atoms with van der Waals surface area (Å²) in [5.74, 6) is 0. The van der Waals surface area contributed by atoms with Gasteiger partial charge in [-0.1, -0.05) is 31.5 Å². The second-order valence-corrected chi connectivity index (χ2v) is 6.07. The number of hydrogen-bond donors (Lipinski definition) is 1. The number of thioether (sulfide) groups is 1. The molecular formula is C11H16ClNS. The van der Waals surface area contributed by atoms with Gasteiger partial charge in [-0.3, -0.25) is 0 Å². The van der Waals surface area contributed by atoms with Crippen LogP contribution in [0.15, 0.2) is 29.2 Å². The van der Waals surface area contributed by atoms with Crippen LogP contribution in [0.1, 0.15) is 20.3 Å². The predicted octanol–water partition coefficient (Wildman–Crippen LogP) is 3.56. The third-order valence-corrected chi connectivity index (χ3v) is 3.42. The summed E-state index contributed by atoms with van der Waals surface area (Å²) in [5.41, 5.74) is 5.56. The molecule has 1 aromatic rings. The number of rotatable bonds is 4. The summed E-state index contributed by atoms with van der Waals surface area (Å²) in [6, 6.07) is 7.93. The van der Waals surface area contributed by atoms with E-state index in [4.69, 9.17) is 17.3 Å². The number of halogens is 1. The molecule has 0 aliphatic carbocycles. The molecule has 0 aromatic heterocycles. The Kier molecular flexibility index (Phi) is 4.30. The summed E-state index contributed by atoms with van der Waals surface area (Å²) in [6.45, 7) is 5.12. The van der Waals surface area contributed by atoms with Crippen molar-refractivity contribution in [1.29, 1.82) is 0 Å². The second kappa shape index (κ2) is 5.06. The number of benzene rings is 1. The molecule has 0 aliphatic heterocycles. The van der Waals surface area contributed by atoms with E-state index in [1.165, 1.54) is 4.90 Å². The monoisotopic (exact) mass is 229 g/mol. The Hall–Kier alpha value is -0.180. The number of hydrogen-bond acceptors (Lipinski definition) is 2. The van der Waals surface area contributed by atoms with Gasteiger partial charge in [0.2, 0.25) is 0 Å². The van der Waals surface area contributed by atoms with Crippen molar-refractivity contribution in [3.8, 4) is 0 Å². The van der Waals surface area contributed by atoms with E-state index in [0.29, 0.717) is 0 Å². The largest absolute Gasteiger partial charge is 0.330 e. The fraction of sp³-hybridized carbons (Fsp3) is 0.455. The molecule has 0 radical (unpaired) electrons. The van der Waals surface area contributed by atoms with Crippen LogP contribution in [0.25, 0.3) is 0 Å². The van der Waals surface area contributed by atoms with Gasteiger partial charge in [-0.25, -0.2) is 0 Å². The van der Waals surface area contributed by atoms with E-state index in [9.17, 15) is 0 Å². The average Bonchev–Trinajstić information content (AvgIpc) is 2.02. The molecule has 2 N–H and O–H groups in total. The molecule has 0 saturated carbocycles. The highest BCUT2D eigenvalue weighted by molar-refractivity contribution is 8.00. The first-order valence-corrected chi connectivity index (χ1v) is 5.87. The van der Waals surface area contributed by atoms with E-state index < -0.39 is 0 Å². The van der Waals surface area contributed by atoms with E-state index in [1.807, 2.05) is 30.0 Å². The van der Waals surface area contributed by atoms with Gasteiger partial charge in [0.25, 0.3) is 0 Å². The standard InChI is InChI=1S/C11H16ClNS/c1-11(2,6-7-13)14-10-5-3-4-9(12)8-10/h3-5,8H,6-7,13H2,1-2H3. The van der Waals surface area contributed by atoms with Gasteiger partial charge in [-0.05, 0) is 31.2 Å². The molecule has 0 saturated heterocycles. The van der Waals surface area contributed by atoms with Gasteiger partial charge in [-0.15, -0.1) is 11.8 Å². The fourth-order valence-electron chi connectivity index (χ4n) is 1.25. The van der Waals surface area contributed by atoms with Crippen molar-refractivity contribution >= 4 is 23.4 Å². The maximum Gasteiger partial charge on any atom is 0.0417 e. The molecule has 0 spiro atoms. The number of nitrogens with two attached hydrogens (primary N) is 1. The molecule has 1 rings (SSSR count). The van der Waals surface area contributed by atoms with Gasteiger partial charge >= 0.3 is 0 Å². The molecule has 1 aromatic carbocycles. The average molecular weight is 230 g/mol. The lowest BCUT2D eigenvalue weighted by atomic mass is 10.1. The summed E-state index contributed by atoms with van der Waals surface area (Å²) in [6.07, 6.45) is 1.00. The summed E-state index contributed by atoms with van der Waals surface area (Å²) in [5, 5.41) is 0.790. The molecule has 0 aliphatic rings. The molecule has 78 valence electrons. The first-order chi connectivity index (χ1) is 6.53. The maximum atomic E-state index is 5.91. The van der Waals surface area contributed by atoms with Crippen molar-refractivity contribution in [3.63, 3.8) is 0 Å². The van der Waals surface area contributed by atoms with Crippen LogP contribution in [0, 0.1) is 0 Å². The minimum Gasteiger partial charge on any atom is -0.330 e. The molecule has 1 nitrogen and oxygen atoms in total. The summed E-state index contributed by atoms with van der Waals surface area (Å²) in [4.78, 5) is 1.20. The zero-order chi connectivity index (χ0) is 10.6. The van der Waals surface area contributed by atoms with Crippen molar-refractivity contribution in [3.05, 3.63) is 29.3 Å². The molecule has 0 fully saturated rings. The van der Waals surface area contributed by atoms with Crippen molar-refractivity contribution in [1.82, 2.24) is 0 Å². The van der Waals surface area contributed by atoms with Crippen LogP contribution in [0.4, 0.5) is 0 Å². The lowest BCUT2D eigenvalue weighted by Gasteiger charge is -2.23. The third kappa shape index (κ3) is 3.91. The zero-order valence-corrected chi connectivity index (χ0v) is 10.2. The van der Waals surface area contributed by atoms with Gasteiger partial charge in [0.05, 0.1) is 0 Å². The Bertz CT molecular complexity index is 299. The normalized spacial score (nSPS) is 11.7. The van der Waals surface area contributed by atoms with E-state index >= 15 is 0 Å². The Labute approximate surface area is 95.0 Å². The molecule has 14 heavy (non-hydrogen) atoms. The molecule has 0 amide bonds. The maximum absolute atomic E-state index is 5.91. The van der Waals surface area contributed by atoms with E-state index in [1.54, 1.807) is 0 Å². The van der Waals surface area contributed by atoms with Crippen molar-refractivity contribution in [2.75, 3.05) is 6.54 Å². The highest BCUT2D eigenvalue weighted by Crippen LogP contribution is 2.35. The zero-order valence-electron chi connectivity index (χ0n) is 8.59. The predicted molar refractivity (Wildman–Crippen MR) is 65.1 cm³/mol. The van der Waals surface area contributed by atoms with E-state index in [0.717, 1.165) is 18.0 Å². The van der Waals surface area contributed by atoms with Gasteiger partial charge < -0.3 is 5.73 Å². The second-order valence-electron chi connectivity index (χ2n) is 3.86. The van der Waals surface area contributed by atoms with Crippen LogP contribution in [-0.4, -0.2) is 11.3 Å². The molecule has 0 atom stereocenters. The Morgan fingerprint density at radius 3 is 2.71 bits per heavy atom. The lowest BCUT2D eigenvalue weighted by molar-refractivity contribution is 0.649. The SMILES string of the molecule is CC(C)(CCN)Sc1cccc(Cl)c1. The van der Waals surface area contributed by atoms with Crippen LogP contribution < -0.4 is 5.73 Å². The van der Waals surface area contributed by atoms with Crippen LogP contribution in [-0.2, 0) is 0 Å². The highest BCUT2D eigenvalue weighted by Gasteiger charge is 2.18. The van der Waals surface area contributed by atoms with Crippen LogP contribution in [0.5, 0.6) is 0 Å². The van der Waals surface area contributed by atoms with Crippen molar-refractivity contribution < 1.29 is 0 Å². The molecule has 0 bridgehead atoms. The first kappa shape index (κ1) is 11.9. The third-order valence-electron chi connectivity index (χ3n) is 1.94. The summed E-state index contributed by atoms with van der Waals surface area (Å²) >= 11 is 7.73. The minimum absolute atomic E-state index is 0.180. The lowest BCUT2D eigenvalue weighted by Crippen LogP contribution is -2.19. The fourth-order valence-corrected chi connectivity index (χ4v) is 2.69. The summed E-state index contributed by atoms with van der Waals surface area (Å²) in [7, 11) is 0. The van der Waals surface area contributed by atoms with Crippen molar-refractivity contribution in [2.45, 2.75) is 29.9 Å². The van der Waals surface area contributed by atoms with Gasteiger partial charge in [0.15, 0.2) is 0 Å². The van der Waals surface area contributed by atoms with Gasteiger partial charge in [0, 0.05) is 14.7 Å². The molecule has 0 unspecified atom stereocenters. The van der Waals surface area contributed by atoms with Crippen molar-refractivity contribution in [2.24, 2.45) is 5.73 Å². The Morgan fingerprint density at radius 1 is 1.43 bits per heavy atom. The Balaban J connectivity index is 2.68. The van der Waals surface area contributed by atoms with E-state index in [-0.39, 0.29) is 4.75 Å². The first-order valence-electron chi connectivity index (χ1n) is 4.68. The molecular weight excluding hydrogens is 214 g/mol. The van der Waals surface area contributed by atoms with E-state index in [2.05, 4.69) is 19.9 Å². The van der Waals surface area contributed by atoms with Gasteiger partial charge in [-0.2, -0.15) is 0 Å². The topological polar surface area (TPSA) is 26.0 Å². The van der Waals surface area contributed by atoms with Gasteiger partial charge in [0.1, 0.15) is 0 Å². The molecule has 0 heterocycles. The van der Waals surface area contributed by atoms with Crippen LogP contribution in [0.2, 0.25) is 5.02 Å².